The van der Waals surface area contributed by atoms with Gasteiger partial charge in [0.25, 0.3) is 6.20 Å². The predicted octanol–water partition coefficient (Wildman–Crippen LogP) is 2.07. The maximum atomic E-state index is 13.6. The van der Waals surface area contributed by atoms with Crippen molar-refractivity contribution in [3.05, 3.63) is 53.7 Å². The Kier molecular flexibility index (Phi) is 6.99. The maximum Gasteiger partial charge on any atom is 0.417 e. The zero-order valence-electron chi connectivity index (χ0n) is 17.5. The third kappa shape index (κ3) is 5.46. The van der Waals surface area contributed by atoms with Crippen LogP contribution in [0.5, 0.6) is 0 Å². The summed E-state index contributed by atoms with van der Waals surface area (Å²) in [4.78, 5) is 9.43. The van der Waals surface area contributed by atoms with Gasteiger partial charge < -0.3 is 9.84 Å². The highest BCUT2D eigenvalue weighted by Crippen LogP contribution is 2.37. The molecule has 1 aliphatic rings. The van der Waals surface area contributed by atoms with E-state index in [9.17, 15) is 23.5 Å². The van der Waals surface area contributed by atoms with E-state index in [0.29, 0.717) is 43.6 Å². The SMILES string of the molecule is N#Cc1c(C(F)(F)F)cc(-c2ccccc2)nc1SC/C([O-])=N/c1c[n+](N2CCOCC2)no1. The van der Waals surface area contributed by atoms with E-state index >= 15 is 0 Å². The Hall–Kier alpha value is -3.63. The van der Waals surface area contributed by atoms with Crippen LogP contribution in [-0.2, 0) is 10.9 Å². The zero-order chi connectivity index (χ0) is 24.1. The summed E-state index contributed by atoms with van der Waals surface area (Å²) in [6.45, 7) is 2.22. The summed E-state index contributed by atoms with van der Waals surface area (Å²) >= 11 is 0.700. The van der Waals surface area contributed by atoms with E-state index in [1.807, 2.05) is 5.01 Å². The number of aliphatic imine (C=N–C) groups is 1. The van der Waals surface area contributed by atoms with Crippen molar-refractivity contribution in [3.8, 4) is 17.3 Å². The number of thioether (sulfide) groups is 1. The van der Waals surface area contributed by atoms with Gasteiger partial charge in [0.15, 0.2) is 0 Å². The van der Waals surface area contributed by atoms with Crippen LogP contribution in [0.25, 0.3) is 11.3 Å². The van der Waals surface area contributed by atoms with Crippen LogP contribution in [-0.4, -0.2) is 48.2 Å². The molecule has 1 saturated heterocycles. The number of hydrogen-bond acceptors (Lipinski definition) is 9. The molecule has 0 unspecified atom stereocenters. The van der Waals surface area contributed by atoms with E-state index in [-0.39, 0.29) is 22.4 Å². The van der Waals surface area contributed by atoms with Gasteiger partial charge in [0.1, 0.15) is 11.1 Å². The normalized spacial score (nSPS) is 14.8. The van der Waals surface area contributed by atoms with Crippen LogP contribution in [0.3, 0.4) is 0 Å². The van der Waals surface area contributed by atoms with Crippen molar-refractivity contribution in [1.82, 2.24) is 10.3 Å². The van der Waals surface area contributed by atoms with Crippen LogP contribution in [0.4, 0.5) is 19.1 Å². The van der Waals surface area contributed by atoms with Crippen LogP contribution < -0.4 is 14.9 Å². The predicted molar refractivity (Wildman–Crippen MR) is 113 cm³/mol. The maximum absolute atomic E-state index is 13.6. The summed E-state index contributed by atoms with van der Waals surface area (Å²) in [7, 11) is 0. The molecule has 34 heavy (non-hydrogen) atoms. The lowest BCUT2D eigenvalue weighted by Crippen LogP contribution is -2.62. The average molecular weight is 490 g/mol. The fourth-order valence-corrected chi connectivity index (χ4v) is 3.96. The highest BCUT2D eigenvalue weighted by Gasteiger charge is 2.36. The Morgan fingerprint density at radius 3 is 2.68 bits per heavy atom. The fourth-order valence-electron chi connectivity index (χ4n) is 3.17. The first-order chi connectivity index (χ1) is 16.3. The molecule has 0 aliphatic carbocycles. The lowest BCUT2D eigenvalue weighted by atomic mass is 10.1. The zero-order valence-corrected chi connectivity index (χ0v) is 18.3. The summed E-state index contributed by atoms with van der Waals surface area (Å²) in [5.41, 5.74) is -1.27. The molecule has 13 heteroatoms. The number of ether oxygens (including phenoxy) is 1. The number of halogens is 3. The Morgan fingerprint density at radius 2 is 2.00 bits per heavy atom. The molecular weight excluding hydrogens is 473 g/mol. The molecule has 1 aromatic carbocycles. The van der Waals surface area contributed by atoms with Gasteiger partial charge in [-0.1, -0.05) is 42.1 Å². The van der Waals surface area contributed by atoms with Gasteiger partial charge in [0.05, 0.1) is 47.9 Å². The van der Waals surface area contributed by atoms with Gasteiger partial charge in [-0.3, -0.25) is 4.52 Å². The molecule has 0 saturated carbocycles. The molecule has 0 atom stereocenters. The number of morpholine rings is 1. The molecule has 0 bridgehead atoms. The number of rotatable bonds is 6. The van der Waals surface area contributed by atoms with Crippen molar-refractivity contribution in [2.45, 2.75) is 11.2 Å². The largest absolute Gasteiger partial charge is 0.861 e. The number of hydrogen-bond donors (Lipinski definition) is 0. The molecule has 0 amide bonds. The minimum absolute atomic E-state index is 0.0422. The van der Waals surface area contributed by atoms with Crippen molar-refractivity contribution in [2.24, 2.45) is 4.99 Å². The summed E-state index contributed by atoms with van der Waals surface area (Å²) < 4.78 is 51.2. The van der Waals surface area contributed by atoms with Crippen LogP contribution in [0.2, 0.25) is 0 Å². The third-order valence-electron chi connectivity index (χ3n) is 4.76. The number of pyridine rings is 1. The summed E-state index contributed by atoms with van der Waals surface area (Å²) in [5, 5.41) is 27.2. The van der Waals surface area contributed by atoms with Gasteiger partial charge in [-0.05, 0) is 12.0 Å². The Labute approximate surface area is 196 Å². The molecule has 2 aromatic heterocycles. The number of alkyl halides is 3. The summed E-state index contributed by atoms with van der Waals surface area (Å²) in [6.07, 6.45) is -3.35. The lowest BCUT2D eigenvalue weighted by Gasteiger charge is -2.18. The van der Waals surface area contributed by atoms with E-state index in [0.717, 1.165) is 6.07 Å². The quantitative estimate of drug-likeness (QED) is 0.223. The van der Waals surface area contributed by atoms with Crippen molar-refractivity contribution in [2.75, 3.05) is 37.1 Å². The Morgan fingerprint density at radius 1 is 1.26 bits per heavy atom. The first-order valence-corrected chi connectivity index (χ1v) is 11.0. The first-order valence-electron chi connectivity index (χ1n) is 10.0. The van der Waals surface area contributed by atoms with Crippen molar-refractivity contribution >= 4 is 23.5 Å². The fraction of sp³-hybridized carbons (Fsp3) is 0.286. The van der Waals surface area contributed by atoms with E-state index in [1.54, 1.807) is 36.4 Å². The smallest absolute Gasteiger partial charge is 0.417 e. The number of nitrogens with zero attached hydrogens (tertiary/aromatic N) is 6. The van der Waals surface area contributed by atoms with Crippen LogP contribution in [0.1, 0.15) is 11.1 Å². The molecule has 0 N–H and O–H groups in total. The van der Waals surface area contributed by atoms with Gasteiger partial charge in [-0.2, -0.15) is 18.4 Å². The molecule has 0 spiro atoms. The van der Waals surface area contributed by atoms with E-state index in [4.69, 9.17) is 9.26 Å². The van der Waals surface area contributed by atoms with Gasteiger partial charge >= 0.3 is 12.1 Å². The second-order valence-corrected chi connectivity index (χ2v) is 8.00. The highest BCUT2D eigenvalue weighted by atomic mass is 32.2. The highest BCUT2D eigenvalue weighted by molar-refractivity contribution is 7.99. The molecule has 4 rings (SSSR count). The summed E-state index contributed by atoms with van der Waals surface area (Å²) in [6, 6.07) is 10.7. The molecule has 176 valence electrons. The Bertz CT molecular complexity index is 1220. The standard InChI is InChI=1S/C21H17F3N6O3S/c22-21(23,24)16-10-17(14-4-2-1-3-5-14)26-20(15(16)11-25)34-13-18(31)27-19-12-30(28-33-19)29-6-8-32-9-7-29/h1-5,10,12H,6-9,13H2. The van der Waals surface area contributed by atoms with E-state index < -0.39 is 23.2 Å². The monoisotopic (exact) mass is 490 g/mol. The number of benzene rings is 1. The van der Waals surface area contributed by atoms with Crippen LogP contribution in [0, 0.1) is 11.3 Å². The van der Waals surface area contributed by atoms with Gasteiger partial charge in [0, 0.05) is 11.3 Å². The topological polar surface area (TPSA) is 114 Å². The van der Waals surface area contributed by atoms with Crippen molar-refractivity contribution in [1.29, 1.82) is 5.26 Å². The van der Waals surface area contributed by atoms with Crippen LogP contribution >= 0.6 is 11.8 Å². The molecule has 3 aromatic rings. The van der Waals surface area contributed by atoms with E-state index in [2.05, 4.69) is 15.2 Å². The van der Waals surface area contributed by atoms with Gasteiger partial charge in [0.2, 0.25) is 5.27 Å². The van der Waals surface area contributed by atoms with Crippen molar-refractivity contribution in [3.63, 3.8) is 0 Å². The molecular formula is C21H17F3N6O3S. The summed E-state index contributed by atoms with van der Waals surface area (Å²) in [5.74, 6) is -1.09. The molecule has 1 aliphatic heterocycles. The lowest BCUT2D eigenvalue weighted by molar-refractivity contribution is -0.759. The number of aromatic nitrogens is 3. The van der Waals surface area contributed by atoms with Gasteiger partial charge in [-0.15, -0.1) is 5.01 Å². The number of nitriles is 1. The molecule has 3 heterocycles. The second-order valence-electron chi connectivity index (χ2n) is 7.03. The average Bonchev–Trinajstić information content (AvgIpc) is 3.31. The van der Waals surface area contributed by atoms with Crippen LogP contribution in [0.15, 0.2) is 57.1 Å². The van der Waals surface area contributed by atoms with E-state index in [1.165, 1.54) is 11.0 Å². The van der Waals surface area contributed by atoms with Gasteiger partial charge in [-0.25, -0.2) is 9.98 Å². The minimum Gasteiger partial charge on any atom is -0.861 e. The molecule has 0 radical (unpaired) electrons. The minimum atomic E-state index is -4.77. The molecule has 1 fully saturated rings. The first kappa shape index (κ1) is 23.5. The van der Waals surface area contributed by atoms with Crippen molar-refractivity contribution < 1.29 is 32.3 Å². The third-order valence-corrected chi connectivity index (χ3v) is 5.72. The Balaban J connectivity index is 1.57. The molecule has 9 nitrogen and oxygen atoms in total. The second kappa shape index (κ2) is 10.1.